The molecule has 6 heteroatoms. The molecule has 102 valence electrons. The number of benzene rings is 1. The van der Waals surface area contributed by atoms with E-state index in [1.165, 1.54) is 0 Å². The highest BCUT2D eigenvalue weighted by molar-refractivity contribution is 14.0. The summed E-state index contributed by atoms with van der Waals surface area (Å²) in [5.74, 6) is 1.36. The third kappa shape index (κ3) is 3.95. The Morgan fingerprint density at radius 1 is 1.37 bits per heavy atom. The normalized spacial score (nSPS) is 10.9. The van der Waals surface area contributed by atoms with Gasteiger partial charge in [-0.05, 0) is 5.56 Å². The molecule has 0 aliphatic heterocycles. The van der Waals surface area contributed by atoms with Crippen molar-refractivity contribution >= 4 is 29.9 Å². The fraction of sp³-hybridized carbons (Fsp3) is 0.231. The first kappa shape index (κ1) is 15.5. The van der Waals surface area contributed by atoms with Crippen LogP contribution in [-0.4, -0.2) is 34.9 Å². The topological polar surface area (TPSA) is 70.3 Å². The minimum atomic E-state index is 0. The van der Waals surface area contributed by atoms with Crippen molar-refractivity contribution in [1.82, 2.24) is 14.9 Å². The van der Waals surface area contributed by atoms with Crippen LogP contribution in [0.15, 0.2) is 41.5 Å². The van der Waals surface area contributed by atoms with Gasteiger partial charge in [0.2, 0.25) is 0 Å². The van der Waals surface area contributed by atoms with Crippen LogP contribution in [0.1, 0.15) is 5.82 Å². The summed E-state index contributed by atoms with van der Waals surface area (Å²) in [6.07, 6.45) is 1.83. The lowest BCUT2D eigenvalue weighted by molar-refractivity contribution is 0.479. The van der Waals surface area contributed by atoms with Crippen molar-refractivity contribution in [2.24, 2.45) is 10.7 Å². The summed E-state index contributed by atoms with van der Waals surface area (Å²) in [5, 5.41) is 0. The zero-order valence-corrected chi connectivity index (χ0v) is 13.3. The van der Waals surface area contributed by atoms with Crippen LogP contribution in [0.4, 0.5) is 0 Å². The molecule has 1 heterocycles. The summed E-state index contributed by atoms with van der Waals surface area (Å²) in [4.78, 5) is 13.4. The lowest BCUT2D eigenvalue weighted by Crippen LogP contribution is -2.33. The Morgan fingerprint density at radius 3 is 2.68 bits per heavy atom. The fourth-order valence-corrected chi connectivity index (χ4v) is 1.68. The zero-order chi connectivity index (χ0) is 13.0. The molecule has 0 fully saturated rings. The maximum atomic E-state index is 5.72. The van der Waals surface area contributed by atoms with Gasteiger partial charge in [0.15, 0.2) is 5.96 Å². The Morgan fingerprint density at radius 2 is 2.05 bits per heavy atom. The maximum Gasteiger partial charge on any atom is 0.191 e. The Balaban J connectivity index is 0.00000180. The predicted octanol–water partition coefficient (Wildman–Crippen LogP) is 2.07. The molecule has 19 heavy (non-hydrogen) atoms. The smallest absolute Gasteiger partial charge is 0.191 e. The van der Waals surface area contributed by atoms with Gasteiger partial charge in [-0.2, -0.15) is 0 Å². The van der Waals surface area contributed by atoms with Crippen LogP contribution in [0, 0.1) is 0 Å². The van der Waals surface area contributed by atoms with Gasteiger partial charge in [0, 0.05) is 14.1 Å². The van der Waals surface area contributed by atoms with Gasteiger partial charge in [0.25, 0.3) is 0 Å². The second-order valence-corrected chi connectivity index (χ2v) is 4.05. The van der Waals surface area contributed by atoms with Crippen molar-refractivity contribution in [2.75, 3.05) is 14.1 Å². The van der Waals surface area contributed by atoms with Gasteiger partial charge >= 0.3 is 0 Å². The number of aromatic amines is 1. The summed E-state index contributed by atoms with van der Waals surface area (Å²) < 4.78 is 0. The summed E-state index contributed by atoms with van der Waals surface area (Å²) in [5.41, 5.74) is 7.84. The minimum absolute atomic E-state index is 0. The van der Waals surface area contributed by atoms with Crippen molar-refractivity contribution in [1.29, 1.82) is 0 Å². The molecular weight excluding hydrogens is 353 g/mol. The number of aliphatic imine (C=N–C) groups is 1. The average Bonchev–Trinajstić information content (AvgIpc) is 2.87. The van der Waals surface area contributed by atoms with Crippen LogP contribution in [0.5, 0.6) is 0 Å². The van der Waals surface area contributed by atoms with Gasteiger partial charge in [-0.3, -0.25) is 4.99 Å². The Hall–Kier alpha value is -1.57. The van der Waals surface area contributed by atoms with Gasteiger partial charge in [-0.25, -0.2) is 4.98 Å². The first-order valence-electron chi connectivity index (χ1n) is 5.73. The SMILES string of the molecule is CN=C(N)N(C)Cc1ncc(-c2ccccc2)[nH]1.I. The quantitative estimate of drug-likeness (QED) is 0.493. The van der Waals surface area contributed by atoms with Crippen molar-refractivity contribution in [2.45, 2.75) is 6.54 Å². The molecule has 0 saturated carbocycles. The molecule has 0 saturated heterocycles. The number of imidazole rings is 1. The number of guanidine groups is 1. The van der Waals surface area contributed by atoms with Gasteiger partial charge in [0.05, 0.1) is 18.4 Å². The highest BCUT2D eigenvalue weighted by atomic mass is 127. The molecule has 0 aliphatic carbocycles. The van der Waals surface area contributed by atoms with E-state index in [0.717, 1.165) is 17.1 Å². The highest BCUT2D eigenvalue weighted by Gasteiger charge is 2.06. The molecule has 2 rings (SSSR count). The summed E-state index contributed by atoms with van der Waals surface area (Å²) in [6, 6.07) is 10.1. The Kier molecular flexibility index (Phi) is 5.81. The van der Waals surface area contributed by atoms with Gasteiger partial charge in [-0.1, -0.05) is 30.3 Å². The number of aromatic nitrogens is 2. The first-order valence-corrected chi connectivity index (χ1v) is 5.73. The molecule has 0 radical (unpaired) electrons. The largest absolute Gasteiger partial charge is 0.370 e. The summed E-state index contributed by atoms with van der Waals surface area (Å²) in [6.45, 7) is 0.607. The van der Waals surface area contributed by atoms with Crippen molar-refractivity contribution in [3.63, 3.8) is 0 Å². The van der Waals surface area contributed by atoms with Crippen LogP contribution in [0.25, 0.3) is 11.3 Å². The first-order chi connectivity index (χ1) is 8.70. The lowest BCUT2D eigenvalue weighted by Gasteiger charge is -2.15. The third-order valence-electron chi connectivity index (χ3n) is 2.72. The van der Waals surface area contributed by atoms with E-state index in [9.17, 15) is 0 Å². The van der Waals surface area contributed by atoms with Gasteiger partial charge in [0.1, 0.15) is 5.82 Å². The predicted molar refractivity (Wildman–Crippen MR) is 88.5 cm³/mol. The Labute approximate surface area is 130 Å². The zero-order valence-electron chi connectivity index (χ0n) is 11.0. The number of hydrogen-bond acceptors (Lipinski definition) is 2. The van der Waals surface area contributed by atoms with E-state index >= 15 is 0 Å². The number of nitrogens with one attached hydrogen (secondary N) is 1. The highest BCUT2D eigenvalue weighted by Crippen LogP contribution is 2.16. The maximum absolute atomic E-state index is 5.72. The van der Waals surface area contributed by atoms with Gasteiger partial charge in [-0.15, -0.1) is 24.0 Å². The monoisotopic (exact) mass is 371 g/mol. The molecule has 3 N–H and O–H groups in total. The van der Waals surface area contributed by atoms with E-state index in [2.05, 4.69) is 15.0 Å². The molecule has 0 amide bonds. The molecule has 0 atom stereocenters. The molecule has 0 unspecified atom stereocenters. The number of nitrogens with zero attached hydrogens (tertiary/aromatic N) is 3. The second kappa shape index (κ2) is 7.13. The van der Waals surface area contributed by atoms with E-state index in [1.54, 1.807) is 7.05 Å². The summed E-state index contributed by atoms with van der Waals surface area (Å²) in [7, 11) is 3.55. The van der Waals surface area contributed by atoms with E-state index in [0.29, 0.717) is 12.5 Å². The molecule has 0 aliphatic rings. The number of hydrogen-bond donors (Lipinski definition) is 2. The fourth-order valence-electron chi connectivity index (χ4n) is 1.68. The van der Waals surface area contributed by atoms with Crippen molar-refractivity contribution < 1.29 is 0 Å². The minimum Gasteiger partial charge on any atom is -0.370 e. The Bertz CT molecular complexity index is 535. The van der Waals surface area contributed by atoms with E-state index < -0.39 is 0 Å². The molecule has 1 aromatic heterocycles. The third-order valence-corrected chi connectivity index (χ3v) is 2.72. The van der Waals surface area contributed by atoms with E-state index in [4.69, 9.17) is 5.73 Å². The molecular formula is C13H18IN5. The van der Waals surface area contributed by atoms with Crippen molar-refractivity contribution in [3.05, 3.63) is 42.4 Å². The van der Waals surface area contributed by atoms with Crippen molar-refractivity contribution in [3.8, 4) is 11.3 Å². The average molecular weight is 371 g/mol. The van der Waals surface area contributed by atoms with E-state index in [1.807, 2.05) is 48.5 Å². The number of rotatable bonds is 3. The summed E-state index contributed by atoms with van der Waals surface area (Å²) >= 11 is 0. The number of H-pyrrole nitrogens is 1. The molecule has 0 bridgehead atoms. The van der Waals surface area contributed by atoms with Gasteiger partial charge < -0.3 is 15.6 Å². The standard InChI is InChI=1S/C13H17N5.HI/c1-15-13(14)18(2)9-12-16-8-11(17-12)10-6-4-3-5-7-10;/h3-8H,9H2,1-2H3,(H2,14,15)(H,16,17);1H. The van der Waals surface area contributed by atoms with Crippen LogP contribution >= 0.6 is 24.0 Å². The number of nitrogens with two attached hydrogens (primary N) is 1. The molecule has 2 aromatic rings. The lowest BCUT2D eigenvalue weighted by atomic mass is 10.2. The van der Waals surface area contributed by atoms with E-state index in [-0.39, 0.29) is 24.0 Å². The van der Waals surface area contributed by atoms with Crippen LogP contribution in [0.3, 0.4) is 0 Å². The van der Waals surface area contributed by atoms with Crippen LogP contribution in [-0.2, 0) is 6.54 Å². The molecule has 5 nitrogen and oxygen atoms in total. The van der Waals surface area contributed by atoms with Crippen LogP contribution in [0.2, 0.25) is 0 Å². The number of halogens is 1. The molecule has 0 spiro atoms. The molecule has 1 aromatic carbocycles. The van der Waals surface area contributed by atoms with Crippen LogP contribution < -0.4 is 5.73 Å². The second-order valence-electron chi connectivity index (χ2n) is 4.05.